The zero-order valence-electron chi connectivity index (χ0n) is 13.6. The van der Waals surface area contributed by atoms with Crippen molar-refractivity contribution in [2.75, 3.05) is 20.3 Å². The zero-order valence-corrected chi connectivity index (χ0v) is 13.6. The maximum Gasteiger partial charge on any atom is 0.340 e. The summed E-state index contributed by atoms with van der Waals surface area (Å²) in [6, 6.07) is 16.0. The topological polar surface area (TPSA) is 76.0 Å². The number of benzene rings is 2. The first-order valence-electron chi connectivity index (χ1n) is 7.78. The second kappa shape index (κ2) is 8.47. The van der Waals surface area contributed by atoms with Crippen molar-refractivity contribution in [3.8, 4) is 5.75 Å². The first kappa shape index (κ1) is 18.0. The van der Waals surface area contributed by atoms with Crippen molar-refractivity contribution in [2.24, 2.45) is 0 Å². The van der Waals surface area contributed by atoms with Crippen LogP contribution in [0.3, 0.4) is 0 Å². The van der Waals surface area contributed by atoms with Crippen LogP contribution in [0.1, 0.15) is 17.5 Å². The van der Waals surface area contributed by atoms with Crippen molar-refractivity contribution in [2.45, 2.75) is 18.4 Å². The fourth-order valence-corrected chi connectivity index (χ4v) is 2.41. The quantitative estimate of drug-likeness (QED) is 0.691. The molecule has 0 aliphatic heterocycles. The second-order valence-corrected chi connectivity index (χ2v) is 5.52. The lowest BCUT2D eigenvalue weighted by Crippen LogP contribution is -2.36. The van der Waals surface area contributed by atoms with Crippen LogP contribution in [0.15, 0.2) is 54.6 Å². The standard InChI is InChI=1S/C19H22O5/c1-23-13-14-24-17-9-7-16(8-10-17)19(22,18(20)21)12-11-15-5-3-2-4-6-15/h2-10,22H,11-14H2,1H3,(H,20,21)/t19-/m1/s1. The summed E-state index contributed by atoms with van der Waals surface area (Å²) in [6.45, 7) is 0.880. The average molecular weight is 330 g/mol. The fraction of sp³-hybridized carbons (Fsp3) is 0.316. The minimum Gasteiger partial charge on any atom is -0.491 e. The summed E-state index contributed by atoms with van der Waals surface area (Å²) in [5.41, 5.74) is -0.609. The minimum atomic E-state index is -1.93. The average Bonchev–Trinajstić information content (AvgIpc) is 2.61. The van der Waals surface area contributed by atoms with Gasteiger partial charge in [-0.15, -0.1) is 0 Å². The van der Waals surface area contributed by atoms with Gasteiger partial charge in [-0.05, 0) is 36.1 Å². The van der Waals surface area contributed by atoms with Crippen LogP contribution in [0.5, 0.6) is 5.75 Å². The number of aliphatic hydroxyl groups is 1. The lowest BCUT2D eigenvalue weighted by Gasteiger charge is -2.24. The molecule has 0 radical (unpaired) electrons. The molecule has 2 aromatic rings. The number of hydrogen-bond acceptors (Lipinski definition) is 4. The Balaban J connectivity index is 2.09. The molecular formula is C19H22O5. The van der Waals surface area contributed by atoms with E-state index in [2.05, 4.69) is 0 Å². The summed E-state index contributed by atoms with van der Waals surface area (Å²) in [5.74, 6) is -0.655. The monoisotopic (exact) mass is 330 g/mol. The number of rotatable bonds is 9. The molecule has 0 fully saturated rings. The van der Waals surface area contributed by atoms with Gasteiger partial charge in [0.15, 0.2) is 5.60 Å². The third-order valence-electron chi connectivity index (χ3n) is 3.86. The SMILES string of the molecule is COCCOc1ccc([C@](O)(CCc2ccccc2)C(=O)O)cc1. The summed E-state index contributed by atoms with van der Waals surface area (Å²) in [5, 5.41) is 20.2. The van der Waals surface area contributed by atoms with E-state index < -0.39 is 11.6 Å². The molecule has 0 unspecified atom stereocenters. The Bertz CT molecular complexity index is 639. The number of carboxylic acid groups (broad SMARTS) is 1. The van der Waals surface area contributed by atoms with Crippen LogP contribution in [-0.4, -0.2) is 36.5 Å². The second-order valence-electron chi connectivity index (χ2n) is 5.52. The molecule has 2 rings (SSSR count). The predicted molar refractivity (Wildman–Crippen MR) is 90.1 cm³/mol. The maximum atomic E-state index is 11.6. The first-order valence-corrected chi connectivity index (χ1v) is 7.78. The first-order chi connectivity index (χ1) is 11.6. The van der Waals surface area contributed by atoms with Gasteiger partial charge in [0.1, 0.15) is 12.4 Å². The molecule has 24 heavy (non-hydrogen) atoms. The molecule has 5 nitrogen and oxygen atoms in total. The number of carboxylic acids is 1. The van der Waals surface area contributed by atoms with E-state index in [1.165, 1.54) is 0 Å². The van der Waals surface area contributed by atoms with Crippen LogP contribution in [0.2, 0.25) is 0 Å². The van der Waals surface area contributed by atoms with Crippen LogP contribution >= 0.6 is 0 Å². The van der Waals surface area contributed by atoms with Gasteiger partial charge in [0.05, 0.1) is 6.61 Å². The Labute approximate surface area is 141 Å². The van der Waals surface area contributed by atoms with Gasteiger partial charge < -0.3 is 19.7 Å². The Morgan fingerprint density at radius 2 is 1.71 bits per heavy atom. The number of hydrogen-bond donors (Lipinski definition) is 2. The Kier molecular flexibility index (Phi) is 6.35. The van der Waals surface area contributed by atoms with Gasteiger partial charge in [0.2, 0.25) is 0 Å². The number of carbonyl (C=O) groups is 1. The molecule has 0 amide bonds. The van der Waals surface area contributed by atoms with Crippen LogP contribution in [-0.2, 0) is 21.6 Å². The number of aryl methyl sites for hydroxylation is 1. The van der Waals surface area contributed by atoms with Gasteiger partial charge >= 0.3 is 5.97 Å². The molecule has 128 valence electrons. The third-order valence-corrected chi connectivity index (χ3v) is 3.86. The summed E-state index contributed by atoms with van der Waals surface area (Å²) < 4.78 is 10.4. The van der Waals surface area contributed by atoms with E-state index in [1.807, 2.05) is 30.3 Å². The highest BCUT2D eigenvalue weighted by molar-refractivity contribution is 5.79. The van der Waals surface area contributed by atoms with E-state index in [1.54, 1.807) is 31.4 Å². The molecule has 5 heteroatoms. The lowest BCUT2D eigenvalue weighted by molar-refractivity contribution is -0.160. The summed E-state index contributed by atoms with van der Waals surface area (Å²) in [4.78, 5) is 11.6. The van der Waals surface area contributed by atoms with Crippen molar-refractivity contribution >= 4 is 5.97 Å². The normalized spacial score (nSPS) is 13.2. The van der Waals surface area contributed by atoms with Gasteiger partial charge in [-0.3, -0.25) is 0 Å². The summed E-state index contributed by atoms with van der Waals surface area (Å²) in [6.07, 6.45) is 0.561. The van der Waals surface area contributed by atoms with E-state index in [4.69, 9.17) is 9.47 Å². The largest absolute Gasteiger partial charge is 0.491 e. The molecular weight excluding hydrogens is 308 g/mol. The van der Waals surface area contributed by atoms with Crippen LogP contribution in [0.25, 0.3) is 0 Å². The molecule has 0 spiro atoms. The van der Waals surface area contributed by atoms with Crippen molar-refractivity contribution in [3.05, 3.63) is 65.7 Å². The molecule has 0 bridgehead atoms. The van der Waals surface area contributed by atoms with Crippen LogP contribution < -0.4 is 4.74 Å². The van der Waals surface area contributed by atoms with Crippen molar-refractivity contribution < 1.29 is 24.5 Å². The molecule has 0 aromatic heterocycles. The molecule has 0 saturated carbocycles. The molecule has 0 aliphatic carbocycles. The van der Waals surface area contributed by atoms with Crippen LogP contribution in [0, 0.1) is 0 Å². The van der Waals surface area contributed by atoms with E-state index in [0.717, 1.165) is 5.56 Å². The Morgan fingerprint density at radius 3 is 2.29 bits per heavy atom. The van der Waals surface area contributed by atoms with Gasteiger partial charge in [-0.2, -0.15) is 0 Å². The zero-order chi connectivity index (χ0) is 17.4. The van der Waals surface area contributed by atoms with E-state index in [0.29, 0.717) is 30.9 Å². The summed E-state index contributed by atoms with van der Waals surface area (Å²) in [7, 11) is 1.59. The van der Waals surface area contributed by atoms with Crippen molar-refractivity contribution in [3.63, 3.8) is 0 Å². The van der Waals surface area contributed by atoms with Crippen molar-refractivity contribution in [1.82, 2.24) is 0 Å². The van der Waals surface area contributed by atoms with Crippen molar-refractivity contribution in [1.29, 1.82) is 0 Å². The number of aliphatic carboxylic acids is 1. The highest BCUT2D eigenvalue weighted by Crippen LogP contribution is 2.29. The number of methoxy groups -OCH3 is 1. The van der Waals surface area contributed by atoms with Gasteiger partial charge in [0.25, 0.3) is 0 Å². The highest BCUT2D eigenvalue weighted by atomic mass is 16.5. The van der Waals surface area contributed by atoms with Gasteiger partial charge in [0, 0.05) is 7.11 Å². The molecule has 2 aromatic carbocycles. The Hall–Kier alpha value is -2.37. The molecule has 0 heterocycles. The molecule has 0 aliphatic rings. The summed E-state index contributed by atoms with van der Waals surface area (Å²) >= 11 is 0. The highest BCUT2D eigenvalue weighted by Gasteiger charge is 2.37. The van der Waals surface area contributed by atoms with E-state index in [9.17, 15) is 15.0 Å². The maximum absolute atomic E-state index is 11.6. The lowest BCUT2D eigenvalue weighted by atomic mass is 9.87. The number of ether oxygens (including phenoxy) is 2. The van der Waals surface area contributed by atoms with Gasteiger partial charge in [-0.25, -0.2) is 4.79 Å². The fourth-order valence-electron chi connectivity index (χ4n) is 2.41. The van der Waals surface area contributed by atoms with Gasteiger partial charge in [-0.1, -0.05) is 42.5 Å². The molecule has 2 N–H and O–H groups in total. The molecule has 1 atom stereocenters. The third kappa shape index (κ3) is 4.57. The van der Waals surface area contributed by atoms with E-state index >= 15 is 0 Å². The predicted octanol–water partition coefficient (Wildman–Crippen LogP) is 2.62. The molecule has 0 saturated heterocycles. The smallest absolute Gasteiger partial charge is 0.340 e. The van der Waals surface area contributed by atoms with Crippen LogP contribution in [0.4, 0.5) is 0 Å². The Morgan fingerprint density at radius 1 is 1.04 bits per heavy atom. The minimum absolute atomic E-state index is 0.0935. The van der Waals surface area contributed by atoms with E-state index in [-0.39, 0.29) is 6.42 Å².